The van der Waals surface area contributed by atoms with E-state index in [4.69, 9.17) is 0 Å². The molecule has 98 valence electrons. The molecule has 2 rings (SSSR count). The summed E-state index contributed by atoms with van der Waals surface area (Å²) in [5.74, 6) is 0.345. The minimum Gasteiger partial charge on any atom is -0.341 e. The van der Waals surface area contributed by atoms with Gasteiger partial charge in [-0.1, -0.05) is 19.3 Å². The minimum absolute atomic E-state index is 0.155. The highest BCUT2D eigenvalue weighted by molar-refractivity contribution is 7.91. The quantitative estimate of drug-likeness (QED) is 0.749. The molecule has 17 heavy (non-hydrogen) atoms. The van der Waals surface area contributed by atoms with Crippen LogP contribution < -0.4 is 0 Å². The summed E-state index contributed by atoms with van der Waals surface area (Å²) in [5.41, 5.74) is 0. The predicted octanol–water partition coefficient (Wildman–Crippen LogP) is 1.21. The lowest BCUT2D eigenvalue weighted by atomic mass is 9.88. The third kappa shape index (κ3) is 3.00. The Morgan fingerprint density at radius 3 is 2.29 bits per heavy atom. The van der Waals surface area contributed by atoms with Gasteiger partial charge < -0.3 is 4.90 Å². The third-order valence-corrected chi connectivity index (χ3v) is 5.61. The predicted molar refractivity (Wildman–Crippen MR) is 66.4 cm³/mol. The van der Waals surface area contributed by atoms with Crippen molar-refractivity contribution in [2.45, 2.75) is 43.8 Å². The maximum atomic E-state index is 12.2. The van der Waals surface area contributed by atoms with Crippen LogP contribution in [0.2, 0.25) is 0 Å². The fourth-order valence-corrected chi connectivity index (χ4v) is 3.87. The van der Waals surface area contributed by atoms with Gasteiger partial charge in [-0.2, -0.15) is 0 Å². The Morgan fingerprint density at radius 2 is 1.76 bits per heavy atom. The average Bonchev–Trinajstić information content (AvgIpc) is 2.78. The monoisotopic (exact) mass is 259 g/mol. The number of sulfone groups is 1. The molecular weight excluding hydrogens is 238 g/mol. The van der Waals surface area contributed by atoms with Crippen LogP contribution in [0.4, 0.5) is 0 Å². The summed E-state index contributed by atoms with van der Waals surface area (Å²) in [4.78, 5) is 14.0. The molecule has 0 unspecified atom stereocenters. The van der Waals surface area contributed by atoms with Gasteiger partial charge in [0.25, 0.3) is 0 Å². The second-order valence-corrected chi connectivity index (χ2v) is 7.69. The molecule has 0 aromatic heterocycles. The Labute approximate surface area is 103 Å². The van der Waals surface area contributed by atoms with Gasteiger partial charge in [-0.3, -0.25) is 4.79 Å². The van der Waals surface area contributed by atoms with Crippen molar-refractivity contribution in [2.75, 3.05) is 19.3 Å². The molecule has 1 saturated heterocycles. The van der Waals surface area contributed by atoms with Gasteiger partial charge in [0, 0.05) is 25.3 Å². The molecule has 1 atom stereocenters. The standard InChI is InChI=1S/C12H21NO3S/c1-17(15,16)11-7-8-13(9-11)12(14)10-5-3-2-4-6-10/h10-11H,2-9H2,1H3/t11-/m0/s1. The van der Waals surface area contributed by atoms with Gasteiger partial charge in [-0.05, 0) is 19.3 Å². The van der Waals surface area contributed by atoms with Crippen molar-refractivity contribution in [2.24, 2.45) is 5.92 Å². The van der Waals surface area contributed by atoms with Gasteiger partial charge in [0.1, 0.15) is 0 Å². The van der Waals surface area contributed by atoms with E-state index in [1.54, 1.807) is 4.90 Å². The number of nitrogens with zero attached hydrogens (tertiary/aromatic N) is 1. The summed E-state index contributed by atoms with van der Waals surface area (Å²) < 4.78 is 22.9. The van der Waals surface area contributed by atoms with Crippen LogP contribution in [0.1, 0.15) is 38.5 Å². The van der Waals surface area contributed by atoms with Crippen molar-refractivity contribution >= 4 is 15.7 Å². The van der Waals surface area contributed by atoms with Crippen molar-refractivity contribution in [3.63, 3.8) is 0 Å². The van der Waals surface area contributed by atoms with Crippen LogP contribution in [-0.4, -0.2) is 43.8 Å². The molecule has 1 aliphatic heterocycles. The maximum absolute atomic E-state index is 12.2. The fraction of sp³-hybridized carbons (Fsp3) is 0.917. The van der Waals surface area contributed by atoms with E-state index < -0.39 is 9.84 Å². The first-order valence-electron chi connectivity index (χ1n) is 6.46. The van der Waals surface area contributed by atoms with E-state index in [0.29, 0.717) is 19.5 Å². The Bertz CT molecular complexity index is 385. The smallest absolute Gasteiger partial charge is 0.225 e. The largest absolute Gasteiger partial charge is 0.341 e. The molecule has 1 amide bonds. The van der Waals surface area contributed by atoms with Crippen molar-refractivity contribution in [3.05, 3.63) is 0 Å². The van der Waals surface area contributed by atoms with Gasteiger partial charge in [0.05, 0.1) is 5.25 Å². The molecule has 0 aromatic carbocycles. The van der Waals surface area contributed by atoms with E-state index in [9.17, 15) is 13.2 Å². The molecule has 0 bridgehead atoms. The highest BCUT2D eigenvalue weighted by atomic mass is 32.2. The molecule has 2 fully saturated rings. The molecule has 1 aliphatic carbocycles. The topological polar surface area (TPSA) is 54.5 Å². The zero-order chi connectivity index (χ0) is 12.5. The molecule has 0 spiro atoms. The van der Waals surface area contributed by atoms with Gasteiger partial charge in [0.15, 0.2) is 9.84 Å². The van der Waals surface area contributed by atoms with Crippen molar-refractivity contribution in [1.29, 1.82) is 0 Å². The van der Waals surface area contributed by atoms with Gasteiger partial charge >= 0.3 is 0 Å². The number of hydrogen-bond acceptors (Lipinski definition) is 3. The zero-order valence-corrected chi connectivity index (χ0v) is 11.2. The molecule has 1 saturated carbocycles. The van der Waals surface area contributed by atoms with Crippen LogP contribution in [0.3, 0.4) is 0 Å². The van der Waals surface area contributed by atoms with Crippen LogP contribution in [0.15, 0.2) is 0 Å². The summed E-state index contributed by atoms with van der Waals surface area (Å²) in [7, 11) is -2.99. The Hall–Kier alpha value is -0.580. The lowest BCUT2D eigenvalue weighted by Crippen LogP contribution is -2.36. The van der Waals surface area contributed by atoms with E-state index in [2.05, 4.69) is 0 Å². The van der Waals surface area contributed by atoms with Crippen LogP contribution in [0.5, 0.6) is 0 Å². The second-order valence-electron chi connectivity index (χ2n) is 5.36. The lowest BCUT2D eigenvalue weighted by molar-refractivity contribution is -0.135. The normalized spacial score (nSPS) is 27.4. The van der Waals surface area contributed by atoms with Gasteiger partial charge in [0.2, 0.25) is 5.91 Å². The molecule has 0 radical (unpaired) electrons. The third-order valence-electron chi connectivity index (χ3n) is 4.02. The van der Waals surface area contributed by atoms with Crippen molar-refractivity contribution in [1.82, 2.24) is 4.90 Å². The van der Waals surface area contributed by atoms with Gasteiger partial charge in [-0.15, -0.1) is 0 Å². The second kappa shape index (κ2) is 4.96. The number of carbonyl (C=O) groups excluding carboxylic acids is 1. The molecule has 2 aliphatic rings. The highest BCUT2D eigenvalue weighted by Crippen LogP contribution is 2.27. The molecule has 1 heterocycles. The van der Waals surface area contributed by atoms with Gasteiger partial charge in [-0.25, -0.2) is 8.42 Å². The van der Waals surface area contributed by atoms with E-state index in [0.717, 1.165) is 25.7 Å². The van der Waals surface area contributed by atoms with Crippen molar-refractivity contribution in [3.8, 4) is 0 Å². The zero-order valence-electron chi connectivity index (χ0n) is 10.4. The minimum atomic E-state index is -2.99. The SMILES string of the molecule is CS(=O)(=O)[C@H]1CCN(C(=O)C2CCCCC2)C1. The number of hydrogen-bond donors (Lipinski definition) is 0. The van der Waals surface area contributed by atoms with E-state index in [1.807, 2.05) is 0 Å². The summed E-state index contributed by atoms with van der Waals surface area (Å²) in [6.45, 7) is 1.03. The Balaban J connectivity index is 1.93. The van der Waals surface area contributed by atoms with Crippen LogP contribution in [0.25, 0.3) is 0 Å². The summed E-state index contributed by atoms with van der Waals surface area (Å²) in [6.07, 6.45) is 7.36. The fourth-order valence-electron chi connectivity index (χ4n) is 2.89. The van der Waals surface area contributed by atoms with Crippen LogP contribution >= 0.6 is 0 Å². The van der Waals surface area contributed by atoms with Crippen molar-refractivity contribution < 1.29 is 13.2 Å². The number of carbonyl (C=O) groups is 1. The van der Waals surface area contributed by atoms with E-state index in [-0.39, 0.29) is 17.1 Å². The van der Waals surface area contributed by atoms with Crippen LogP contribution in [-0.2, 0) is 14.6 Å². The molecule has 4 nitrogen and oxygen atoms in total. The summed E-state index contributed by atoms with van der Waals surface area (Å²) in [6, 6.07) is 0. The molecule has 0 N–H and O–H groups in total. The summed E-state index contributed by atoms with van der Waals surface area (Å²) >= 11 is 0. The average molecular weight is 259 g/mol. The summed E-state index contributed by atoms with van der Waals surface area (Å²) in [5, 5.41) is -0.338. The molecule has 5 heteroatoms. The maximum Gasteiger partial charge on any atom is 0.225 e. The number of amides is 1. The van der Waals surface area contributed by atoms with Crippen LogP contribution in [0, 0.1) is 5.92 Å². The lowest BCUT2D eigenvalue weighted by Gasteiger charge is -2.26. The molecular formula is C12H21NO3S. The van der Waals surface area contributed by atoms with E-state index in [1.165, 1.54) is 12.7 Å². The first-order valence-corrected chi connectivity index (χ1v) is 8.41. The molecule has 0 aromatic rings. The first-order chi connectivity index (χ1) is 7.98. The first kappa shape index (κ1) is 12.9. The Kier molecular flexibility index (Phi) is 3.76. The Morgan fingerprint density at radius 1 is 1.12 bits per heavy atom. The number of likely N-dealkylation sites (tertiary alicyclic amines) is 1. The highest BCUT2D eigenvalue weighted by Gasteiger charge is 2.35. The van der Waals surface area contributed by atoms with E-state index >= 15 is 0 Å². The number of rotatable bonds is 2.